The summed E-state index contributed by atoms with van der Waals surface area (Å²) in [4.78, 5) is 2.77. The van der Waals surface area contributed by atoms with Crippen LogP contribution in [0.15, 0.2) is 108 Å². The Morgan fingerprint density at radius 3 is 2.25 bits per heavy atom. The molecular weight excluding hydrogens is 424 g/mol. The van der Waals surface area contributed by atoms with Gasteiger partial charge in [0, 0.05) is 19.7 Å². The van der Waals surface area contributed by atoms with Crippen molar-refractivity contribution in [3.05, 3.63) is 114 Å². The van der Waals surface area contributed by atoms with Gasteiger partial charge in [-0.1, -0.05) is 60.7 Å². The monoisotopic (exact) mass is 444 g/mol. The van der Waals surface area contributed by atoms with Gasteiger partial charge in [-0.05, 0) is 92.5 Å². The molecule has 152 valence electrons. The molecule has 0 aliphatic carbocycles. The van der Waals surface area contributed by atoms with E-state index in [1.54, 1.807) is 0 Å². The predicted octanol–water partition coefficient (Wildman–Crippen LogP) is 9.26. The van der Waals surface area contributed by atoms with Gasteiger partial charge in [0.1, 0.15) is 0 Å². The Hall–Kier alpha value is -3.07. The van der Waals surface area contributed by atoms with Crippen LogP contribution in [0.3, 0.4) is 0 Å². The van der Waals surface area contributed by atoms with Crippen molar-refractivity contribution in [1.29, 1.82) is 0 Å². The molecule has 0 fully saturated rings. The largest absolute Gasteiger partial charge is 0.135 e. The lowest BCUT2D eigenvalue weighted by Crippen LogP contribution is -1.92. The van der Waals surface area contributed by atoms with Crippen molar-refractivity contribution in [2.75, 3.05) is 0 Å². The van der Waals surface area contributed by atoms with Crippen LogP contribution in [0.1, 0.15) is 16.4 Å². The first-order valence-corrected chi connectivity index (χ1v) is 12.7. The van der Waals surface area contributed by atoms with Crippen molar-refractivity contribution in [2.45, 2.75) is 16.6 Å². The molecule has 0 saturated heterocycles. The quantitative estimate of drug-likeness (QED) is 0.240. The third-order valence-corrected chi connectivity index (χ3v) is 9.09. The van der Waals surface area contributed by atoms with E-state index in [1.807, 2.05) is 23.1 Å². The van der Waals surface area contributed by atoms with Crippen LogP contribution in [0.2, 0.25) is 0 Å². The lowest BCUT2D eigenvalue weighted by molar-refractivity contribution is 0.951. The molecule has 32 heavy (non-hydrogen) atoms. The summed E-state index contributed by atoms with van der Waals surface area (Å²) < 4.78 is 1.35. The fourth-order valence-electron chi connectivity index (χ4n) is 4.86. The van der Waals surface area contributed by atoms with Gasteiger partial charge in [0.15, 0.2) is 0 Å². The van der Waals surface area contributed by atoms with E-state index in [9.17, 15) is 0 Å². The standard InChI is InChI=1S/C30H20S2/c1-3-7-27-21(5-1)17-29(31-27)23-11-9-19-14-26-16-24(12-10-20(26)13-25(19)15-23)30-18-22-6-2-4-8-28(22)32-30/h1-17,30H,18H2. The number of hydrogen-bond acceptors (Lipinski definition) is 2. The molecule has 0 bridgehead atoms. The van der Waals surface area contributed by atoms with Gasteiger partial charge in [-0.2, -0.15) is 0 Å². The predicted molar refractivity (Wildman–Crippen MR) is 141 cm³/mol. The SMILES string of the molecule is c1ccc2c(c1)CC(c1ccc3cc4cc(-c5cc6ccccc6s5)ccc4cc3c1)S2. The number of thioether (sulfide) groups is 1. The van der Waals surface area contributed by atoms with Crippen molar-refractivity contribution < 1.29 is 0 Å². The molecule has 0 saturated carbocycles. The molecule has 0 amide bonds. The summed E-state index contributed by atoms with van der Waals surface area (Å²) in [5, 5.41) is 7.11. The first kappa shape index (κ1) is 18.5. The summed E-state index contributed by atoms with van der Waals surface area (Å²) in [6.45, 7) is 0. The van der Waals surface area contributed by atoms with Crippen molar-refractivity contribution in [1.82, 2.24) is 0 Å². The highest BCUT2D eigenvalue weighted by molar-refractivity contribution is 7.99. The number of hydrogen-bond donors (Lipinski definition) is 0. The molecule has 5 aromatic carbocycles. The van der Waals surface area contributed by atoms with E-state index in [0.717, 1.165) is 6.42 Å². The minimum atomic E-state index is 0.517. The van der Waals surface area contributed by atoms with Crippen LogP contribution < -0.4 is 0 Å². The fourth-order valence-corrected chi connectivity index (χ4v) is 7.23. The zero-order valence-corrected chi connectivity index (χ0v) is 19.0. The number of rotatable bonds is 2. The topological polar surface area (TPSA) is 0 Å². The Labute approximate surface area is 195 Å². The Kier molecular flexibility index (Phi) is 4.18. The van der Waals surface area contributed by atoms with Crippen LogP contribution >= 0.6 is 23.1 Å². The summed E-state index contributed by atoms with van der Waals surface area (Å²) in [6, 6.07) is 38.4. The van der Waals surface area contributed by atoms with Crippen LogP contribution in [-0.2, 0) is 6.42 Å². The third-order valence-electron chi connectivity index (χ3n) is 6.55. The maximum atomic E-state index is 2.40. The Morgan fingerprint density at radius 1 is 0.594 bits per heavy atom. The molecule has 1 unspecified atom stereocenters. The second kappa shape index (κ2) is 7.23. The molecule has 0 radical (unpaired) electrons. The molecule has 0 nitrogen and oxygen atoms in total. The lowest BCUT2D eigenvalue weighted by Gasteiger charge is -2.11. The first-order chi connectivity index (χ1) is 15.8. The molecule has 6 aromatic rings. The van der Waals surface area contributed by atoms with E-state index in [1.165, 1.54) is 58.1 Å². The van der Waals surface area contributed by atoms with Crippen LogP contribution in [0, 0.1) is 0 Å². The third kappa shape index (κ3) is 3.06. The van der Waals surface area contributed by atoms with Gasteiger partial charge in [-0.15, -0.1) is 23.1 Å². The smallest absolute Gasteiger partial charge is 0.0385 e. The van der Waals surface area contributed by atoms with Gasteiger partial charge in [0.2, 0.25) is 0 Å². The zero-order chi connectivity index (χ0) is 21.1. The van der Waals surface area contributed by atoms with Crippen molar-refractivity contribution in [3.63, 3.8) is 0 Å². The molecular formula is C30H20S2. The van der Waals surface area contributed by atoms with Gasteiger partial charge in [-0.25, -0.2) is 0 Å². The summed E-state index contributed by atoms with van der Waals surface area (Å²) in [7, 11) is 0. The Morgan fingerprint density at radius 2 is 1.38 bits per heavy atom. The number of fused-ring (bicyclic) bond motifs is 4. The molecule has 0 N–H and O–H groups in total. The highest BCUT2D eigenvalue weighted by atomic mass is 32.2. The zero-order valence-electron chi connectivity index (χ0n) is 17.4. The van der Waals surface area contributed by atoms with Gasteiger partial charge in [-0.3, -0.25) is 0 Å². The average Bonchev–Trinajstić information content (AvgIpc) is 3.46. The average molecular weight is 445 g/mol. The summed E-state index contributed by atoms with van der Waals surface area (Å²) >= 11 is 3.87. The van der Waals surface area contributed by atoms with E-state index >= 15 is 0 Å². The summed E-state index contributed by atoms with van der Waals surface area (Å²) in [5.74, 6) is 0. The lowest BCUT2D eigenvalue weighted by atomic mass is 9.97. The molecule has 7 rings (SSSR count). The van der Waals surface area contributed by atoms with E-state index in [2.05, 4.69) is 103 Å². The molecule has 1 aromatic heterocycles. The number of thiophene rings is 1. The Bertz CT molecular complexity index is 1580. The van der Waals surface area contributed by atoms with E-state index in [0.29, 0.717) is 5.25 Å². The minimum Gasteiger partial charge on any atom is -0.135 e. The van der Waals surface area contributed by atoms with E-state index < -0.39 is 0 Å². The van der Waals surface area contributed by atoms with Gasteiger partial charge >= 0.3 is 0 Å². The van der Waals surface area contributed by atoms with Gasteiger partial charge in [0.25, 0.3) is 0 Å². The minimum absolute atomic E-state index is 0.517. The van der Waals surface area contributed by atoms with Crippen molar-refractivity contribution in [2.24, 2.45) is 0 Å². The Balaban J connectivity index is 1.27. The summed E-state index contributed by atoms with van der Waals surface area (Å²) in [5.41, 5.74) is 4.21. The molecule has 0 spiro atoms. The fraction of sp³-hybridized carbons (Fsp3) is 0.0667. The summed E-state index contributed by atoms with van der Waals surface area (Å²) in [6.07, 6.45) is 1.12. The van der Waals surface area contributed by atoms with E-state index in [-0.39, 0.29) is 0 Å². The van der Waals surface area contributed by atoms with E-state index in [4.69, 9.17) is 0 Å². The normalized spacial score (nSPS) is 15.6. The van der Waals surface area contributed by atoms with Crippen molar-refractivity contribution in [3.8, 4) is 10.4 Å². The molecule has 1 aliphatic rings. The highest BCUT2D eigenvalue weighted by Crippen LogP contribution is 2.46. The second-order valence-electron chi connectivity index (χ2n) is 8.59. The maximum Gasteiger partial charge on any atom is 0.0385 e. The first-order valence-electron chi connectivity index (χ1n) is 11.0. The van der Waals surface area contributed by atoms with Crippen LogP contribution in [-0.4, -0.2) is 0 Å². The van der Waals surface area contributed by atoms with Crippen molar-refractivity contribution >= 4 is 54.7 Å². The molecule has 1 aliphatic heterocycles. The van der Waals surface area contributed by atoms with Crippen LogP contribution in [0.25, 0.3) is 42.1 Å². The highest BCUT2D eigenvalue weighted by Gasteiger charge is 2.23. The number of benzene rings is 5. The van der Waals surface area contributed by atoms with Gasteiger partial charge in [0.05, 0.1) is 0 Å². The maximum absolute atomic E-state index is 2.40. The van der Waals surface area contributed by atoms with Crippen LogP contribution in [0.4, 0.5) is 0 Å². The molecule has 1 atom stereocenters. The molecule has 2 heteroatoms. The second-order valence-corrected chi connectivity index (χ2v) is 10.9. The van der Waals surface area contributed by atoms with Crippen LogP contribution in [0.5, 0.6) is 0 Å². The molecule has 2 heterocycles. The van der Waals surface area contributed by atoms with Gasteiger partial charge < -0.3 is 0 Å².